The summed E-state index contributed by atoms with van der Waals surface area (Å²) < 4.78 is 1.64. The summed E-state index contributed by atoms with van der Waals surface area (Å²) in [5.74, 6) is 1.05. The van der Waals surface area contributed by atoms with Crippen molar-refractivity contribution in [1.82, 2.24) is 25.1 Å². The fourth-order valence-corrected chi connectivity index (χ4v) is 2.15. The number of carbonyl (C=O) groups is 1. The first-order valence-corrected chi connectivity index (χ1v) is 7.08. The third-order valence-electron chi connectivity index (χ3n) is 3.41. The highest BCUT2D eigenvalue weighted by Gasteiger charge is 2.28. The summed E-state index contributed by atoms with van der Waals surface area (Å²) in [6.07, 6.45) is 5.16. The topological polar surface area (TPSA) is 105 Å². The molecule has 1 fully saturated rings. The minimum absolute atomic E-state index is 0.0107. The normalized spacial score (nSPS) is 14.3. The van der Waals surface area contributed by atoms with Gasteiger partial charge in [0.05, 0.1) is 24.7 Å². The second-order valence-corrected chi connectivity index (χ2v) is 5.04. The Morgan fingerprint density at radius 1 is 1.38 bits per heavy atom. The summed E-state index contributed by atoms with van der Waals surface area (Å²) in [6.45, 7) is 1.56. The highest BCUT2D eigenvalue weighted by molar-refractivity contribution is 5.86. The van der Waals surface area contributed by atoms with Crippen LogP contribution in [-0.2, 0) is 11.3 Å². The molecule has 21 heavy (non-hydrogen) atoms. The van der Waals surface area contributed by atoms with Crippen LogP contribution in [0.25, 0.3) is 11.0 Å². The second-order valence-electron chi connectivity index (χ2n) is 5.04. The summed E-state index contributed by atoms with van der Waals surface area (Å²) in [5.41, 5.74) is 0.684. The van der Waals surface area contributed by atoms with Gasteiger partial charge in [0, 0.05) is 19.0 Å². The zero-order chi connectivity index (χ0) is 14.7. The first kappa shape index (κ1) is 13.7. The molecule has 1 amide bonds. The summed E-state index contributed by atoms with van der Waals surface area (Å²) in [4.78, 5) is 19.9. The number of rotatable bonds is 7. The van der Waals surface area contributed by atoms with Gasteiger partial charge < -0.3 is 15.7 Å². The van der Waals surface area contributed by atoms with Crippen molar-refractivity contribution < 1.29 is 9.90 Å². The average Bonchev–Trinajstić information content (AvgIpc) is 3.27. The SMILES string of the molecule is O=C(NCCNc1ncnc2c1cnn2CCO)C1CC1. The van der Waals surface area contributed by atoms with Crippen molar-refractivity contribution in [2.75, 3.05) is 25.0 Å². The lowest BCUT2D eigenvalue weighted by Gasteiger charge is -2.07. The largest absolute Gasteiger partial charge is 0.394 e. The summed E-state index contributed by atoms with van der Waals surface area (Å²) in [5, 5.41) is 20.0. The van der Waals surface area contributed by atoms with Gasteiger partial charge in [-0.2, -0.15) is 5.10 Å². The standard InChI is InChI=1S/C13H18N6O2/c20-6-5-19-12-10(7-18-19)11(16-8-17-12)14-3-4-15-13(21)9-1-2-9/h7-9,20H,1-6H2,(H,15,21)(H,14,16,17). The number of anilines is 1. The van der Waals surface area contributed by atoms with E-state index in [9.17, 15) is 4.79 Å². The van der Waals surface area contributed by atoms with Crippen molar-refractivity contribution in [3.8, 4) is 0 Å². The van der Waals surface area contributed by atoms with Crippen molar-refractivity contribution in [2.45, 2.75) is 19.4 Å². The maximum atomic E-state index is 11.5. The number of aromatic nitrogens is 4. The molecule has 2 aromatic rings. The zero-order valence-corrected chi connectivity index (χ0v) is 11.6. The number of amides is 1. The van der Waals surface area contributed by atoms with Crippen LogP contribution in [0.15, 0.2) is 12.5 Å². The van der Waals surface area contributed by atoms with Crippen LogP contribution in [0, 0.1) is 5.92 Å². The average molecular weight is 290 g/mol. The van der Waals surface area contributed by atoms with Gasteiger partial charge >= 0.3 is 0 Å². The number of nitrogens with one attached hydrogen (secondary N) is 2. The zero-order valence-electron chi connectivity index (χ0n) is 11.6. The second kappa shape index (κ2) is 6.04. The first-order chi connectivity index (χ1) is 10.3. The van der Waals surface area contributed by atoms with Crippen LogP contribution in [-0.4, -0.2) is 50.5 Å². The van der Waals surface area contributed by atoms with Gasteiger partial charge in [0.25, 0.3) is 0 Å². The lowest BCUT2D eigenvalue weighted by molar-refractivity contribution is -0.122. The van der Waals surface area contributed by atoms with Gasteiger partial charge in [-0.3, -0.25) is 4.79 Å². The molecule has 0 saturated heterocycles. The minimum Gasteiger partial charge on any atom is -0.394 e. The maximum Gasteiger partial charge on any atom is 0.223 e. The quantitative estimate of drug-likeness (QED) is 0.608. The van der Waals surface area contributed by atoms with Crippen molar-refractivity contribution in [1.29, 1.82) is 0 Å². The number of hydrogen-bond donors (Lipinski definition) is 3. The van der Waals surface area contributed by atoms with E-state index >= 15 is 0 Å². The number of hydrogen-bond acceptors (Lipinski definition) is 6. The minimum atomic E-state index is 0.0107. The number of nitrogens with zero attached hydrogens (tertiary/aromatic N) is 4. The van der Waals surface area contributed by atoms with Crippen molar-refractivity contribution in [3.63, 3.8) is 0 Å². The van der Waals surface area contributed by atoms with Crippen LogP contribution in [0.5, 0.6) is 0 Å². The van der Waals surface area contributed by atoms with Gasteiger partial charge in [-0.05, 0) is 12.8 Å². The lowest BCUT2D eigenvalue weighted by atomic mass is 10.3. The van der Waals surface area contributed by atoms with E-state index in [0.29, 0.717) is 31.1 Å². The van der Waals surface area contributed by atoms with E-state index < -0.39 is 0 Å². The molecule has 2 aromatic heterocycles. The summed E-state index contributed by atoms with van der Waals surface area (Å²) >= 11 is 0. The number of aliphatic hydroxyl groups is 1. The Bertz CT molecular complexity index is 637. The molecule has 0 radical (unpaired) electrons. The number of fused-ring (bicyclic) bond motifs is 1. The molecule has 1 aliphatic rings. The Kier molecular flexibility index (Phi) is 3.96. The Balaban J connectivity index is 1.59. The predicted octanol–water partition coefficient (Wildman–Crippen LogP) is -0.243. The third-order valence-corrected chi connectivity index (χ3v) is 3.41. The van der Waals surface area contributed by atoms with E-state index in [1.54, 1.807) is 10.9 Å². The van der Waals surface area contributed by atoms with Crippen LogP contribution in [0.3, 0.4) is 0 Å². The third kappa shape index (κ3) is 3.10. The molecule has 8 heteroatoms. The molecule has 0 aliphatic heterocycles. The van der Waals surface area contributed by atoms with Crippen molar-refractivity contribution in [3.05, 3.63) is 12.5 Å². The number of carbonyl (C=O) groups excluding carboxylic acids is 1. The fourth-order valence-electron chi connectivity index (χ4n) is 2.15. The molecule has 0 spiro atoms. The smallest absolute Gasteiger partial charge is 0.223 e. The first-order valence-electron chi connectivity index (χ1n) is 7.08. The predicted molar refractivity (Wildman–Crippen MR) is 76.6 cm³/mol. The molecule has 3 rings (SSSR count). The highest BCUT2D eigenvalue weighted by Crippen LogP contribution is 2.28. The molecule has 112 valence electrons. The molecular formula is C13H18N6O2. The van der Waals surface area contributed by atoms with E-state index in [-0.39, 0.29) is 18.4 Å². The van der Waals surface area contributed by atoms with E-state index in [2.05, 4.69) is 25.7 Å². The van der Waals surface area contributed by atoms with E-state index in [4.69, 9.17) is 5.11 Å². The fraction of sp³-hybridized carbons (Fsp3) is 0.538. The lowest BCUT2D eigenvalue weighted by Crippen LogP contribution is -2.29. The van der Waals surface area contributed by atoms with Gasteiger partial charge in [0.1, 0.15) is 12.1 Å². The molecule has 3 N–H and O–H groups in total. The van der Waals surface area contributed by atoms with Crippen LogP contribution in [0.1, 0.15) is 12.8 Å². The Morgan fingerprint density at radius 2 is 2.24 bits per heavy atom. The molecule has 0 aromatic carbocycles. The van der Waals surface area contributed by atoms with Crippen LogP contribution in [0.4, 0.5) is 5.82 Å². The molecule has 2 heterocycles. The molecule has 8 nitrogen and oxygen atoms in total. The van der Waals surface area contributed by atoms with Gasteiger partial charge in [-0.1, -0.05) is 0 Å². The van der Waals surface area contributed by atoms with E-state index in [1.807, 2.05) is 0 Å². The molecule has 1 aliphatic carbocycles. The molecule has 0 unspecified atom stereocenters. The molecule has 0 bridgehead atoms. The van der Waals surface area contributed by atoms with Crippen LogP contribution < -0.4 is 10.6 Å². The Hall–Kier alpha value is -2.22. The van der Waals surface area contributed by atoms with E-state index in [1.165, 1.54) is 6.33 Å². The van der Waals surface area contributed by atoms with Crippen molar-refractivity contribution >= 4 is 22.8 Å². The molecule has 1 saturated carbocycles. The number of aliphatic hydroxyl groups excluding tert-OH is 1. The molecule has 0 atom stereocenters. The maximum absolute atomic E-state index is 11.5. The van der Waals surface area contributed by atoms with Gasteiger partial charge in [-0.15, -0.1) is 0 Å². The Morgan fingerprint density at radius 3 is 3.00 bits per heavy atom. The Labute approximate surface area is 121 Å². The van der Waals surface area contributed by atoms with Gasteiger partial charge in [-0.25, -0.2) is 14.6 Å². The van der Waals surface area contributed by atoms with Gasteiger partial charge in [0.15, 0.2) is 5.65 Å². The van der Waals surface area contributed by atoms with Crippen molar-refractivity contribution in [2.24, 2.45) is 5.92 Å². The highest BCUT2D eigenvalue weighted by atomic mass is 16.3. The molecular weight excluding hydrogens is 272 g/mol. The van der Waals surface area contributed by atoms with Crippen LogP contribution >= 0.6 is 0 Å². The summed E-state index contributed by atoms with van der Waals surface area (Å²) in [7, 11) is 0. The van der Waals surface area contributed by atoms with Gasteiger partial charge in [0.2, 0.25) is 5.91 Å². The monoisotopic (exact) mass is 290 g/mol. The summed E-state index contributed by atoms with van der Waals surface area (Å²) in [6, 6.07) is 0. The van der Waals surface area contributed by atoms with Crippen LogP contribution in [0.2, 0.25) is 0 Å². The van der Waals surface area contributed by atoms with E-state index in [0.717, 1.165) is 18.2 Å².